The molecule has 2 atom stereocenters. The second kappa shape index (κ2) is 6.71. The molecule has 0 radical (unpaired) electrons. The molecule has 1 N–H and O–H groups in total. The van der Waals surface area contributed by atoms with Crippen LogP contribution in [0.3, 0.4) is 0 Å². The average Bonchev–Trinajstić information content (AvgIpc) is 3.22. The normalized spacial score (nSPS) is 30.8. The number of nitrogens with one attached hydrogen (secondary N) is 1. The zero-order chi connectivity index (χ0) is 15.5. The Hall–Kier alpha value is -1.24. The Morgan fingerprint density at radius 3 is 2.78 bits per heavy atom. The first-order valence-electron chi connectivity index (χ1n) is 8.79. The van der Waals surface area contributed by atoms with E-state index in [2.05, 4.69) is 20.2 Å². The lowest BCUT2D eigenvalue weighted by Crippen LogP contribution is -2.45. The summed E-state index contributed by atoms with van der Waals surface area (Å²) in [6, 6.07) is 2.16. The van der Waals surface area contributed by atoms with Crippen LogP contribution in [0.1, 0.15) is 25.7 Å². The van der Waals surface area contributed by atoms with E-state index in [1.54, 1.807) is 12.4 Å². The quantitative estimate of drug-likeness (QED) is 0.909. The van der Waals surface area contributed by atoms with Crippen molar-refractivity contribution >= 4 is 5.95 Å². The van der Waals surface area contributed by atoms with Crippen LogP contribution in [0.4, 0.5) is 5.95 Å². The topological polar surface area (TPSA) is 59.5 Å². The number of aromatic nitrogens is 2. The smallest absolute Gasteiger partial charge is 0.222 e. The Labute approximate surface area is 137 Å². The molecule has 2 unspecified atom stereocenters. The van der Waals surface area contributed by atoms with Crippen molar-refractivity contribution in [2.75, 3.05) is 44.8 Å². The minimum Gasteiger partial charge on any atom is -0.381 e. The Morgan fingerprint density at radius 1 is 1.22 bits per heavy atom. The van der Waals surface area contributed by atoms with Crippen LogP contribution in [-0.4, -0.2) is 66.0 Å². The first-order valence-corrected chi connectivity index (χ1v) is 8.79. The van der Waals surface area contributed by atoms with E-state index in [4.69, 9.17) is 9.47 Å². The lowest BCUT2D eigenvalue weighted by atomic mass is 9.87. The van der Waals surface area contributed by atoms with Crippen LogP contribution in [-0.2, 0) is 9.47 Å². The summed E-state index contributed by atoms with van der Waals surface area (Å²) >= 11 is 0. The van der Waals surface area contributed by atoms with E-state index in [0.29, 0.717) is 12.0 Å². The highest BCUT2D eigenvalue weighted by atomic mass is 16.5. The lowest BCUT2D eigenvalue weighted by Gasteiger charge is -2.39. The summed E-state index contributed by atoms with van der Waals surface area (Å²) in [5.41, 5.74) is 0.0646. The zero-order valence-corrected chi connectivity index (χ0v) is 13.6. The minimum absolute atomic E-state index is 0.0646. The van der Waals surface area contributed by atoms with Gasteiger partial charge in [0.25, 0.3) is 0 Å². The third-order valence-corrected chi connectivity index (χ3v) is 5.42. The van der Waals surface area contributed by atoms with Crippen LogP contribution in [0.2, 0.25) is 0 Å². The predicted octanol–water partition coefficient (Wildman–Crippen LogP) is 1.55. The molecule has 1 aromatic heterocycles. The van der Waals surface area contributed by atoms with E-state index in [1.807, 2.05) is 6.07 Å². The molecule has 126 valence electrons. The Bertz CT molecular complexity index is 499. The number of ether oxygens (including phenoxy) is 2. The van der Waals surface area contributed by atoms with Crippen LogP contribution in [0.15, 0.2) is 18.5 Å². The highest BCUT2D eigenvalue weighted by Crippen LogP contribution is 2.37. The van der Waals surface area contributed by atoms with Gasteiger partial charge in [0.1, 0.15) is 0 Å². The van der Waals surface area contributed by atoms with Crippen LogP contribution in [0.25, 0.3) is 0 Å². The molecule has 3 saturated heterocycles. The van der Waals surface area contributed by atoms with Gasteiger partial charge in [-0.25, -0.2) is 9.97 Å². The summed E-state index contributed by atoms with van der Waals surface area (Å²) in [6.45, 7) is 6.13. The number of nitrogens with zero attached hydrogens (tertiary/aromatic N) is 3. The van der Waals surface area contributed by atoms with E-state index >= 15 is 0 Å². The van der Waals surface area contributed by atoms with Gasteiger partial charge in [-0.15, -0.1) is 0 Å². The van der Waals surface area contributed by atoms with E-state index in [-0.39, 0.29) is 5.60 Å². The minimum atomic E-state index is 0.0646. The number of hydrogen-bond acceptors (Lipinski definition) is 6. The van der Waals surface area contributed by atoms with E-state index in [0.717, 1.165) is 58.1 Å². The largest absolute Gasteiger partial charge is 0.381 e. The van der Waals surface area contributed by atoms with Gasteiger partial charge in [0.05, 0.1) is 24.9 Å². The summed E-state index contributed by atoms with van der Waals surface area (Å²) in [7, 11) is 0. The van der Waals surface area contributed by atoms with Crippen molar-refractivity contribution in [1.29, 1.82) is 0 Å². The number of rotatable bonds is 4. The summed E-state index contributed by atoms with van der Waals surface area (Å²) in [4.78, 5) is 11.1. The number of anilines is 1. The first kappa shape index (κ1) is 15.3. The van der Waals surface area contributed by atoms with E-state index in [9.17, 15) is 0 Å². The molecule has 0 aliphatic carbocycles. The molecule has 0 saturated carbocycles. The van der Waals surface area contributed by atoms with Crippen molar-refractivity contribution < 1.29 is 9.47 Å². The molecule has 0 bridgehead atoms. The van der Waals surface area contributed by atoms with Crippen LogP contribution >= 0.6 is 0 Å². The fourth-order valence-electron chi connectivity index (χ4n) is 4.08. The standard InChI is InChI=1S/C17H26N4O2/c1-5-18-16(19-6-1)20-15-10-17(23-13-15)3-7-21(8-4-17)11-14-2-9-22-12-14/h1,5-6,14-15H,2-4,7-13H2,(H,18,19,20). The SMILES string of the molecule is c1cnc(NC2COC3(CCN(CC4CCOC4)CC3)C2)nc1. The van der Waals surface area contributed by atoms with Crippen LogP contribution in [0.5, 0.6) is 0 Å². The fourth-order valence-corrected chi connectivity index (χ4v) is 4.08. The summed E-state index contributed by atoms with van der Waals surface area (Å²) in [5.74, 6) is 1.44. The number of hydrogen-bond donors (Lipinski definition) is 1. The maximum absolute atomic E-state index is 6.22. The molecule has 4 heterocycles. The molecule has 3 fully saturated rings. The molecular formula is C17H26N4O2. The predicted molar refractivity (Wildman–Crippen MR) is 87.3 cm³/mol. The molecule has 6 heteroatoms. The van der Waals surface area contributed by atoms with Crippen LogP contribution < -0.4 is 5.32 Å². The Balaban J connectivity index is 1.26. The maximum Gasteiger partial charge on any atom is 0.222 e. The van der Waals surface area contributed by atoms with Gasteiger partial charge < -0.3 is 19.7 Å². The third-order valence-electron chi connectivity index (χ3n) is 5.42. The molecule has 6 nitrogen and oxygen atoms in total. The fraction of sp³-hybridized carbons (Fsp3) is 0.765. The molecular weight excluding hydrogens is 292 g/mol. The van der Waals surface area contributed by atoms with Gasteiger partial charge in [-0.05, 0) is 37.7 Å². The lowest BCUT2D eigenvalue weighted by molar-refractivity contribution is -0.0456. The summed E-state index contributed by atoms with van der Waals surface area (Å²) in [6.07, 6.45) is 8.09. The Morgan fingerprint density at radius 2 is 2.04 bits per heavy atom. The highest BCUT2D eigenvalue weighted by molar-refractivity contribution is 5.25. The third kappa shape index (κ3) is 3.65. The van der Waals surface area contributed by atoms with Crippen molar-refractivity contribution in [3.63, 3.8) is 0 Å². The molecule has 1 spiro atoms. The van der Waals surface area contributed by atoms with Crippen molar-refractivity contribution in [2.45, 2.75) is 37.3 Å². The molecule has 0 aromatic carbocycles. The molecule has 3 aliphatic rings. The van der Waals surface area contributed by atoms with E-state index in [1.165, 1.54) is 13.0 Å². The van der Waals surface area contributed by atoms with Crippen LogP contribution in [0, 0.1) is 5.92 Å². The second-order valence-electron chi connectivity index (χ2n) is 7.14. The summed E-state index contributed by atoms with van der Waals surface area (Å²) < 4.78 is 11.7. The van der Waals surface area contributed by atoms with Gasteiger partial charge in [0.2, 0.25) is 5.95 Å². The van der Waals surface area contributed by atoms with Gasteiger partial charge in [-0.3, -0.25) is 0 Å². The highest BCUT2D eigenvalue weighted by Gasteiger charge is 2.43. The average molecular weight is 318 g/mol. The number of piperidine rings is 1. The van der Waals surface area contributed by atoms with Gasteiger partial charge in [0.15, 0.2) is 0 Å². The molecule has 0 amide bonds. The first-order chi connectivity index (χ1) is 11.3. The van der Waals surface area contributed by atoms with Crippen molar-refractivity contribution in [3.05, 3.63) is 18.5 Å². The molecule has 1 aromatic rings. The molecule has 3 aliphatic heterocycles. The van der Waals surface area contributed by atoms with Gasteiger partial charge in [-0.1, -0.05) is 0 Å². The van der Waals surface area contributed by atoms with Gasteiger partial charge in [-0.2, -0.15) is 0 Å². The van der Waals surface area contributed by atoms with Gasteiger partial charge in [0, 0.05) is 38.6 Å². The Kier molecular flexibility index (Phi) is 4.46. The summed E-state index contributed by atoms with van der Waals surface area (Å²) in [5, 5.41) is 3.41. The molecule has 23 heavy (non-hydrogen) atoms. The molecule has 4 rings (SSSR count). The monoisotopic (exact) mass is 318 g/mol. The van der Waals surface area contributed by atoms with Crippen molar-refractivity contribution in [1.82, 2.24) is 14.9 Å². The van der Waals surface area contributed by atoms with Crippen molar-refractivity contribution in [3.8, 4) is 0 Å². The second-order valence-corrected chi connectivity index (χ2v) is 7.14. The zero-order valence-electron chi connectivity index (χ0n) is 13.6. The van der Waals surface area contributed by atoms with Crippen molar-refractivity contribution in [2.24, 2.45) is 5.92 Å². The number of likely N-dealkylation sites (tertiary alicyclic amines) is 1. The van der Waals surface area contributed by atoms with Gasteiger partial charge >= 0.3 is 0 Å². The van der Waals surface area contributed by atoms with E-state index < -0.39 is 0 Å². The maximum atomic E-state index is 6.22.